The molecule has 0 radical (unpaired) electrons. The largest absolute Gasteiger partial charge is 0.426 e. The third-order valence-corrected chi connectivity index (χ3v) is 3.53. The topological polar surface area (TPSA) is 98.5 Å². The van der Waals surface area contributed by atoms with Crippen molar-refractivity contribution < 1.29 is 19.2 Å². The maximum absolute atomic E-state index is 11.9. The highest BCUT2D eigenvalue weighted by atomic mass is 79.9. The van der Waals surface area contributed by atoms with Crippen molar-refractivity contribution in [2.75, 3.05) is 6.54 Å². The molecule has 2 aromatic rings. The van der Waals surface area contributed by atoms with E-state index in [1.165, 1.54) is 24.3 Å². The van der Waals surface area contributed by atoms with Crippen LogP contribution in [0.2, 0.25) is 0 Å². The fourth-order valence-corrected chi connectivity index (χ4v) is 2.06. The van der Waals surface area contributed by atoms with E-state index in [1.54, 1.807) is 24.3 Å². The highest BCUT2D eigenvalue weighted by molar-refractivity contribution is 9.10. The molecule has 0 saturated carbocycles. The Morgan fingerprint density at radius 1 is 1.08 bits per heavy atom. The fourth-order valence-electron chi connectivity index (χ4n) is 1.80. The van der Waals surface area contributed by atoms with Gasteiger partial charge in [0.1, 0.15) is 5.75 Å². The molecule has 8 heteroatoms. The molecule has 124 valence electrons. The molecular formula is C16H13BrN2O5. The number of nitro benzene ring substituents is 1. The van der Waals surface area contributed by atoms with Gasteiger partial charge in [-0.1, -0.05) is 15.9 Å². The summed E-state index contributed by atoms with van der Waals surface area (Å²) in [6.45, 7) is 0.102. The highest BCUT2D eigenvalue weighted by Gasteiger charge is 2.10. The van der Waals surface area contributed by atoms with Crippen LogP contribution in [0.15, 0.2) is 53.0 Å². The first-order valence-electron chi connectivity index (χ1n) is 6.94. The molecule has 0 heterocycles. The Bertz CT molecular complexity index is 744. The van der Waals surface area contributed by atoms with Crippen LogP contribution in [0.5, 0.6) is 5.75 Å². The lowest BCUT2D eigenvalue weighted by atomic mass is 10.2. The zero-order valence-electron chi connectivity index (χ0n) is 12.4. The van der Waals surface area contributed by atoms with Crippen LogP contribution in [0.1, 0.15) is 16.8 Å². The molecule has 0 unspecified atom stereocenters. The number of hydrogen-bond donors (Lipinski definition) is 1. The Labute approximate surface area is 145 Å². The van der Waals surface area contributed by atoms with Gasteiger partial charge in [-0.25, -0.2) is 0 Å². The van der Waals surface area contributed by atoms with Gasteiger partial charge in [-0.3, -0.25) is 19.7 Å². The van der Waals surface area contributed by atoms with Gasteiger partial charge in [0, 0.05) is 28.7 Å². The van der Waals surface area contributed by atoms with E-state index in [1.807, 2.05) is 0 Å². The number of carbonyl (C=O) groups excluding carboxylic acids is 2. The van der Waals surface area contributed by atoms with Crippen LogP contribution in [0.25, 0.3) is 0 Å². The molecule has 0 aliphatic rings. The fraction of sp³-hybridized carbons (Fsp3) is 0.125. The molecule has 1 N–H and O–H groups in total. The summed E-state index contributed by atoms with van der Waals surface area (Å²) in [5.41, 5.74) is 0.187. The standard InChI is InChI=1S/C16H13BrN2O5/c17-12-3-7-14(8-4-12)24-15(20)9-10-18-16(21)11-1-5-13(6-2-11)19(22)23/h1-8H,9-10H2,(H,18,21). The molecule has 0 aliphatic carbocycles. The van der Waals surface area contributed by atoms with Crippen molar-refractivity contribution in [2.24, 2.45) is 0 Å². The van der Waals surface area contributed by atoms with Crippen LogP contribution in [0.4, 0.5) is 5.69 Å². The number of nitrogens with zero attached hydrogens (tertiary/aromatic N) is 1. The van der Waals surface area contributed by atoms with Crippen molar-refractivity contribution in [1.29, 1.82) is 0 Å². The minimum Gasteiger partial charge on any atom is -0.426 e. The zero-order chi connectivity index (χ0) is 17.5. The number of amides is 1. The number of nitrogens with one attached hydrogen (secondary N) is 1. The Hall–Kier alpha value is -2.74. The van der Waals surface area contributed by atoms with E-state index < -0.39 is 16.8 Å². The molecule has 0 spiro atoms. The van der Waals surface area contributed by atoms with Gasteiger partial charge in [-0.05, 0) is 36.4 Å². The predicted octanol–water partition coefficient (Wildman–Crippen LogP) is 3.08. The van der Waals surface area contributed by atoms with Crippen molar-refractivity contribution >= 4 is 33.5 Å². The Morgan fingerprint density at radius 3 is 2.29 bits per heavy atom. The van der Waals surface area contributed by atoms with E-state index in [0.717, 1.165) is 4.47 Å². The van der Waals surface area contributed by atoms with Gasteiger partial charge >= 0.3 is 5.97 Å². The van der Waals surface area contributed by atoms with Gasteiger partial charge in [0.15, 0.2) is 0 Å². The molecule has 24 heavy (non-hydrogen) atoms. The van der Waals surface area contributed by atoms with Crippen molar-refractivity contribution in [3.8, 4) is 5.75 Å². The molecule has 2 aromatic carbocycles. The summed E-state index contributed by atoms with van der Waals surface area (Å²) in [6.07, 6.45) is 0.00872. The number of esters is 1. The second kappa shape index (κ2) is 8.21. The molecule has 0 aromatic heterocycles. The third kappa shape index (κ3) is 5.17. The summed E-state index contributed by atoms with van der Waals surface area (Å²) in [4.78, 5) is 33.5. The lowest BCUT2D eigenvalue weighted by molar-refractivity contribution is -0.384. The number of nitro groups is 1. The molecule has 0 saturated heterocycles. The molecule has 1 amide bonds. The first kappa shape index (κ1) is 17.6. The minimum atomic E-state index is -0.542. The first-order valence-corrected chi connectivity index (χ1v) is 7.74. The normalized spacial score (nSPS) is 10.0. The molecule has 0 aliphatic heterocycles. The SMILES string of the molecule is O=C(CCNC(=O)c1ccc([N+](=O)[O-])cc1)Oc1ccc(Br)cc1. The van der Waals surface area contributed by atoms with Crippen LogP contribution in [0, 0.1) is 10.1 Å². The minimum absolute atomic E-state index is 0.00872. The number of ether oxygens (including phenoxy) is 1. The summed E-state index contributed by atoms with van der Waals surface area (Å²) >= 11 is 3.28. The van der Waals surface area contributed by atoms with Crippen molar-refractivity contribution in [2.45, 2.75) is 6.42 Å². The molecule has 7 nitrogen and oxygen atoms in total. The maximum Gasteiger partial charge on any atom is 0.312 e. The number of non-ortho nitro benzene ring substituents is 1. The number of benzene rings is 2. The van der Waals surface area contributed by atoms with Gasteiger partial charge < -0.3 is 10.1 Å². The Morgan fingerprint density at radius 2 is 1.71 bits per heavy atom. The summed E-state index contributed by atoms with van der Waals surface area (Å²) < 4.78 is 5.99. The molecular weight excluding hydrogens is 380 g/mol. The summed E-state index contributed by atoms with van der Waals surface area (Å²) in [7, 11) is 0. The lowest BCUT2D eigenvalue weighted by Gasteiger charge is -2.06. The van der Waals surface area contributed by atoms with Crippen molar-refractivity contribution in [1.82, 2.24) is 5.32 Å². The maximum atomic E-state index is 11.9. The zero-order valence-corrected chi connectivity index (χ0v) is 14.0. The number of carbonyl (C=O) groups is 2. The van der Waals surface area contributed by atoms with Crippen LogP contribution in [-0.4, -0.2) is 23.3 Å². The van der Waals surface area contributed by atoms with Crippen LogP contribution >= 0.6 is 15.9 Å². The molecule has 0 atom stereocenters. The number of halogens is 1. The quantitative estimate of drug-likeness (QED) is 0.352. The van der Waals surface area contributed by atoms with E-state index in [4.69, 9.17) is 4.74 Å². The average molecular weight is 393 g/mol. The smallest absolute Gasteiger partial charge is 0.312 e. The van der Waals surface area contributed by atoms with Gasteiger partial charge in [0.25, 0.3) is 11.6 Å². The Kier molecular flexibility index (Phi) is 6.02. The van der Waals surface area contributed by atoms with Gasteiger partial charge in [0.2, 0.25) is 0 Å². The van der Waals surface area contributed by atoms with E-state index >= 15 is 0 Å². The van der Waals surface area contributed by atoms with E-state index in [9.17, 15) is 19.7 Å². The number of hydrogen-bond acceptors (Lipinski definition) is 5. The van der Waals surface area contributed by atoms with Gasteiger partial charge in [0.05, 0.1) is 11.3 Å². The van der Waals surface area contributed by atoms with Crippen molar-refractivity contribution in [3.63, 3.8) is 0 Å². The van der Waals surface area contributed by atoms with Gasteiger partial charge in [-0.2, -0.15) is 0 Å². The summed E-state index contributed by atoms with van der Waals surface area (Å²) in [5, 5.41) is 13.1. The lowest BCUT2D eigenvalue weighted by Crippen LogP contribution is -2.27. The van der Waals surface area contributed by atoms with Crippen molar-refractivity contribution in [3.05, 3.63) is 68.7 Å². The van der Waals surface area contributed by atoms with E-state index in [-0.39, 0.29) is 24.2 Å². The summed E-state index contributed by atoms with van der Waals surface area (Å²) in [5.74, 6) is -0.465. The van der Waals surface area contributed by atoms with E-state index in [0.29, 0.717) is 5.75 Å². The monoisotopic (exact) mass is 392 g/mol. The first-order chi connectivity index (χ1) is 11.5. The van der Waals surface area contributed by atoms with Crippen LogP contribution in [-0.2, 0) is 4.79 Å². The third-order valence-electron chi connectivity index (χ3n) is 3.00. The van der Waals surface area contributed by atoms with Crippen LogP contribution in [0.3, 0.4) is 0 Å². The Balaban J connectivity index is 1.78. The second-order valence-corrected chi connectivity index (χ2v) is 5.65. The molecule has 0 bridgehead atoms. The number of rotatable bonds is 6. The molecule has 2 rings (SSSR count). The van der Waals surface area contributed by atoms with Gasteiger partial charge in [-0.15, -0.1) is 0 Å². The molecule has 0 fully saturated rings. The predicted molar refractivity (Wildman–Crippen MR) is 89.8 cm³/mol. The second-order valence-electron chi connectivity index (χ2n) is 4.74. The average Bonchev–Trinajstić information content (AvgIpc) is 2.57. The highest BCUT2D eigenvalue weighted by Crippen LogP contribution is 2.16. The summed E-state index contributed by atoms with van der Waals surface area (Å²) in [6, 6.07) is 12.0. The van der Waals surface area contributed by atoms with E-state index in [2.05, 4.69) is 21.2 Å². The van der Waals surface area contributed by atoms with Crippen LogP contribution < -0.4 is 10.1 Å².